The molecule has 0 aliphatic carbocycles. The Hall–Kier alpha value is -6.70. The minimum Gasteiger partial charge on any atom is -0.465 e. The molecule has 0 aromatic carbocycles. The van der Waals surface area contributed by atoms with Gasteiger partial charge in [-0.2, -0.15) is 5.26 Å². The molecule has 21 nitrogen and oxygen atoms in total. The van der Waals surface area contributed by atoms with Crippen LogP contribution in [0.3, 0.4) is 0 Å². The van der Waals surface area contributed by atoms with Gasteiger partial charge in [-0.1, -0.05) is 229 Å². The number of hydrogen-bond acceptors (Lipinski definition) is 21. The molecule has 0 aliphatic heterocycles. The van der Waals surface area contributed by atoms with E-state index in [1.165, 1.54) is 29.9 Å². The van der Waals surface area contributed by atoms with Gasteiger partial charge in [0, 0.05) is 95.8 Å². The number of alkyl halides is 1. The van der Waals surface area contributed by atoms with E-state index in [9.17, 15) is 78.0 Å². The summed E-state index contributed by atoms with van der Waals surface area (Å²) in [6.45, 7) is 81.0. The van der Waals surface area contributed by atoms with Gasteiger partial charge in [0.25, 0.3) is 0 Å². The van der Waals surface area contributed by atoms with Gasteiger partial charge >= 0.3 is 11.9 Å². The Morgan fingerprint density at radius 1 is 0.453 bits per heavy atom. The molecule has 0 N–H and O–H groups in total. The third-order valence-electron chi connectivity index (χ3n) is 13.3. The van der Waals surface area contributed by atoms with Crippen LogP contribution in [-0.2, 0) is 91.7 Å². The third kappa shape index (κ3) is 113. The van der Waals surface area contributed by atoms with Gasteiger partial charge in [0.15, 0.2) is 58.4 Å². The molecule has 0 aromatic rings. The third-order valence-corrected chi connectivity index (χ3v) is 19.4. The summed E-state index contributed by atoms with van der Waals surface area (Å²) in [5.74, 6) is 7.36. The molecule has 1 atom stereocenters. The fourth-order valence-corrected chi connectivity index (χ4v) is 7.86. The number of nitriles is 1. The average Bonchev–Trinajstić information content (AvgIpc) is 0.910. The van der Waals surface area contributed by atoms with Crippen molar-refractivity contribution in [3.05, 3.63) is 83.1 Å². The number of ether oxygens (including phenoxy) is 2. The van der Waals surface area contributed by atoms with Crippen LogP contribution in [0.15, 0.2) is 83.1 Å². The Balaban J connectivity index is -0.0000000816. The van der Waals surface area contributed by atoms with Crippen LogP contribution in [0, 0.1) is 88.3 Å². The summed E-state index contributed by atoms with van der Waals surface area (Å²) >= 11 is 5.47. The van der Waals surface area contributed by atoms with Crippen molar-refractivity contribution in [3.63, 3.8) is 0 Å². The second-order valence-corrected chi connectivity index (χ2v) is 38.4. The number of nitrogens with zero attached hydrogens (tertiary/aromatic N) is 2. The zero-order valence-corrected chi connectivity index (χ0v) is 84.3. The molecule has 0 saturated heterocycles. The zero-order chi connectivity index (χ0) is 96.8. The number of esters is 2. The summed E-state index contributed by atoms with van der Waals surface area (Å²) in [4.78, 5) is 119. The highest BCUT2D eigenvalue weighted by molar-refractivity contribution is 7.95. The Labute approximate surface area is 722 Å². The number of carbonyl (C=O) groups excluding carboxylic acids is 11. The number of likely N-dealkylation sites (N-methyl/N-ethyl adjacent to an activating group) is 1. The molecule has 0 heterocycles. The highest BCUT2D eigenvalue weighted by atomic mass is 35.5. The fraction of sp³-hybridized carbons (Fsp3) is 0.696. The van der Waals surface area contributed by atoms with Crippen LogP contribution in [0.5, 0.6) is 0 Å². The monoisotopic (exact) mass is 1740 g/mol. The van der Waals surface area contributed by atoms with E-state index in [1.807, 2.05) is 204 Å². The number of sulfone groups is 3. The van der Waals surface area contributed by atoms with Crippen molar-refractivity contribution >= 4 is 105 Å². The lowest BCUT2D eigenvalue weighted by Crippen LogP contribution is -2.16. The molecule has 686 valence electrons. The lowest BCUT2D eigenvalue weighted by Gasteiger charge is -2.05. The van der Waals surface area contributed by atoms with Gasteiger partial charge in [0.1, 0.15) is 23.4 Å². The maximum Gasteiger partial charge on any atom is 0.308 e. The topological polar surface area (TPSA) is 336 Å². The molecule has 25 heteroatoms. The van der Waals surface area contributed by atoms with Crippen LogP contribution >= 0.6 is 11.6 Å². The molecule has 0 amide bonds. The van der Waals surface area contributed by atoms with Gasteiger partial charge in [-0.25, -0.2) is 25.3 Å². The predicted molar refractivity (Wildman–Crippen MR) is 494 cm³/mol. The summed E-state index contributed by atoms with van der Waals surface area (Å²) in [6, 6.07) is 1.84. The van der Waals surface area contributed by atoms with E-state index in [0.29, 0.717) is 43.4 Å². The Bertz CT molecular complexity index is 3240. The van der Waals surface area contributed by atoms with E-state index < -0.39 is 29.5 Å². The second-order valence-electron chi connectivity index (χ2n) is 30.5. The number of carbonyl (C=O) groups is 11. The van der Waals surface area contributed by atoms with Crippen LogP contribution in [0.2, 0.25) is 0 Å². The van der Waals surface area contributed by atoms with E-state index in [-0.39, 0.29) is 138 Å². The molecule has 0 saturated carbocycles. The largest absolute Gasteiger partial charge is 0.465 e. The number of Topliss-reactive ketones (excluding diaryl/α,β-unsaturated/α-hetero) is 6. The average molecular weight is 1740 g/mol. The smallest absolute Gasteiger partial charge is 0.308 e. The van der Waals surface area contributed by atoms with Crippen LogP contribution in [0.4, 0.5) is 0 Å². The molecular weight excluding hydrogens is 1570 g/mol. The summed E-state index contributed by atoms with van der Waals surface area (Å²) in [5, 5.41) is 10.7. The lowest BCUT2D eigenvalue weighted by atomic mass is 9.99. The van der Waals surface area contributed by atoms with Gasteiger partial charge in [-0.05, 0) is 141 Å². The van der Waals surface area contributed by atoms with Crippen molar-refractivity contribution < 1.29 is 87.5 Å². The highest BCUT2D eigenvalue weighted by Crippen LogP contribution is 2.09. The van der Waals surface area contributed by atoms with Gasteiger partial charge in [-0.15, -0.1) is 11.6 Å². The van der Waals surface area contributed by atoms with E-state index in [1.54, 1.807) is 121 Å². The minimum atomic E-state index is -2.97. The van der Waals surface area contributed by atoms with E-state index in [2.05, 4.69) is 25.0 Å². The lowest BCUT2D eigenvalue weighted by molar-refractivity contribution is -0.148. The number of hydrogen-bond donors (Lipinski definition) is 0. The fourth-order valence-electron chi connectivity index (χ4n) is 5.60. The Morgan fingerprint density at radius 3 is 0.880 bits per heavy atom. The molecule has 0 fully saturated rings. The molecule has 0 aliphatic rings. The number of ketones is 9. The number of rotatable bonds is 30. The van der Waals surface area contributed by atoms with E-state index >= 15 is 0 Å². The van der Waals surface area contributed by atoms with Crippen molar-refractivity contribution in [2.75, 3.05) is 33.9 Å². The SMILES string of the molecule is C/C=C(\C#N)C(=O)C(C)C.C/C=C/C(=O)C(C)C.C/C=C/S(=O)(=O)C(C)C.C=CC(=O)C(C)C.C=CS(=O)(=O)C(C)C.CC#CC(C)=O.CC(C)=CS(=O)(=O)C(C)C.CC(C)C(=O)/C=C/CN(C)C.CC(C)C(=O)C(C)C.CC(C)C(=O)C(C)Cl.CCC(=O)C(C)C.CCC(=O)C(C)C.CCCOC(=O)C(C)C.CCCOC(=O)C(C)C. The first-order valence-corrected chi connectivity index (χ1v) is 45.7. The Kier molecular flexibility index (Phi) is 108. The molecule has 1 unspecified atom stereocenters. The van der Waals surface area contributed by atoms with Gasteiger partial charge in [0.2, 0.25) is 5.78 Å². The van der Waals surface area contributed by atoms with Gasteiger partial charge < -0.3 is 14.4 Å². The summed E-state index contributed by atoms with van der Waals surface area (Å²) < 4.78 is 74.6. The molecule has 0 bridgehead atoms. The maximum absolute atomic E-state index is 11.1. The zero-order valence-electron chi connectivity index (χ0n) is 81.1. The van der Waals surface area contributed by atoms with Crippen molar-refractivity contribution in [1.82, 2.24) is 4.90 Å². The predicted octanol–water partition coefficient (Wildman–Crippen LogP) is 21.0. The first-order chi connectivity index (χ1) is 53.0. The van der Waals surface area contributed by atoms with E-state index in [0.717, 1.165) is 30.4 Å². The molecule has 117 heavy (non-hydrogen) atoms. The van der Waals surface area contributed by atoms with Crippen molar-refractivity contribution in [2.24, 2.45) is 65.1 Å². The molecule has 0 aromatic heterocycles. The van der Waals surface area contributed by atoms with Crippen molar-refractivity contribution in [2.45, 2.75) is 324 Å². The summed E-state index contributed by atoms with van der Waals surface area (Å²) in [6.07, 6.45) is 14.5. The van der Waals surface area contributed by atoms with Crippen molar-refractivity contribution in [3.8, 4) is 17.9 Å². The second kappa shape index (κ2) is 88.6. The van der Waals surface area contributed by atoms with Gasteiger partial charge in [0.05, 0.1) is 51.7 Å². The molecule has 0 radical (unpaired) electrons. The minimum absolute atomic E-state index is 0.0107. The molecule has 0 spiro atoms. The summed E-state index contributed by atoms with van der Waals surface area (Å²) in [5.41, 5.74) is 1.09. The van der Waals surface area contributed by atoms with Crippen molar-refractivity contribution in [1.29, 1.82) is 5.26 Å². The summed E-state index contributed by atoms with van der Waals surface area (Å²) in [7, 11) is -4.91. The quantitative estimate of drug-likeness (QED) is 0.0161. The normalized spacial score (nSPS) is 10.9. The van der Waals surface area contributed by atoms with Crippen LogP contribution in [0.1, 0.15) is 303 Å². The first kappa shape index (κ1) is 142. The maximum atomic E-state index is 11.1. The Morgan fingerprint density at radius 2 is 0.786 bits per heavy atom. The first-order valence-electron chi connectivity index (χ1n) is 40.4. The molecular formula is C92H169ClN2O19S3. The standard InChI is InChI=1S/C9H17NO.C8H11NO.C7H14O2S.2C7H14O2.C7H14O.C7H12O.C6H11ClO.C6H12O2S.2C6H12O.C6H10O.C5H10O2S.C5H6O/c1-8(2)9(11)6-5-7-10(3)4;1-4-7(5-9)8(10)6(2)3;1-6(2)5-10(8,9)7(3)4;2*1-4-5-9-7(8)6(2)3;1-5(2)7(8)6(3)4;1-4-5-7(8)6(2)3;1-4(2)6(8)5(3)7;1-4-5-9(7,8)6(2)3;3*1-4-6(7)5(2)3;1-4-8(6,7)5(2)3;1-3-4-5(2)6/h5-6,8H,7H2,1-4H3;4,6H,1-3H3;5,7H,1-4H3;2*6H,4-5H2,1-3H3;5-6H,1-4H3;4-6H,1-3H3;4-5H,1-3H3;4-6H,1-3H3;2*5H,4H2,1-3H3;4-5H,1H2,2-3H3;4-5H,1H2,2-3H3;1-2H3/b6-5+;7-4+;;;;;5-4+;;5-4+;;;;;. The van der Waals surface area contributed by atoms with E-state index in [4.69, 9.17) is 26.3 Å². The van der Waals surface area contributed by atoms with Crippen LogP contribution in [0.25, 0.3) is 0 Å². The number of allylic oxidation sites excluding steroid dienone is 8. The highest BCUT2D eigenvalue weighted by Gasteiger charge is 2.16. The van der Waals surface area contributed by atoms with Crippen LogP contribution in [-0.4, -0.2) is 149 Å². The molecule has 0 rings (SSSR count). The number of halogens is 1. The van der Waals surface area contributed by atoms with Crippen LogP contribution < -0.4 is 0 Å². The van der Waals surface area contributed by atoms with Gasteiger partial charge in [-0.3, -0.25) is 52.7 Å².